The summed E-state index contributed by atoms with van der Waals surface area (Å²) in [5.41, 5.74) is 0.874. The van der Waals surface area contributed by atoms with Gasteiger partial charge >= 0.3 is 0 Å². The van der Waals surface area contributed by atoms with Gasteiger partial charge in [-0.25, -0.2) is 0 Å². The maximum atomic E-state index is 12.1. The number of methoxy groups -OCH3 is 3. The highest BCUT2D eigenvalue weighted by Crippen LogP contribution is 2.27. The van der Waals surface area contributed by atoms with Gasteiger partial charge in [-0.15, -0.1) is 0 Å². The molecule has 1 atom stereocenters. The molecule has 2 aromatic rings. The largest absolute Gasteiger partial charge is 0.496 e. The van der Waals surface area contributed by atoms with Crippen molar-refractivity contribution in [3.63, 3.8) is 0 Å². The van der Waals surface area contributed by atoms with Gasteiger partial charge in [-0.3, -0.25) is 4.79 Å². The predicted molar refractivity (Wildman–Crippen MR) is 94.2 cm³/mol. The Balaban J connectivity index is 1.90. The first-order valence-electron chi connectivity index (χ1n) is 7.87. The second kappa shape index (κ2) is 9.54. The lowest BCUT2D eigenvalue weighted by molar-refractivity contribution is -0.123. The molecule has 0 saturated heterocycles. The van der Waals surface area contributed by atoms with Gasteiger partial charge in [-0.05, 0) is 18.2 Å². The molecule has 6 heteroatoms. The number of hydrogen-bond donors (Lipinski definition) is 1. The lowest BCUT2D eigenvalue weighted by atomic mass is 10.1. The average molecular weight is 345 g/mol. The molecule has 0 aliphatic rings. The standard InChI is InChI=1S/C19H23NO5/c1-22-15-9-5-4-8-14(15)18(24-3)12-20-19(21)13-25-17-11-7-6-10-16(17)23-2/h4-11,18H,12-13H2,1-3H3,(H,20,21). The molecule has 0 radical (unpaired) electrons. The van der Waals surface area contributed by atoms with E-state index in [1.165, 1.54) is 0 Å². The van der Waals surface area contributed by atoms with Crippen LogP contribution in [0.15, 0.2) is 48.5 Å². The Kier molecular flexibility index (Phi) is 7.10. The molecular formula is C19H23NO5. The maximum absolute atomic E-state index is 12.1. The van der Waals surface area contributed by atoms with E-state index in [-0.39, 0.29) is 18.6 Å². The molecule has 0 bridgehead atoms. The van der Waals surface area contributed by atoms with Crippen molar-refractivity contribution in [2.24, 2.45) is 0 Å². The smallest absolute Gasteiger partial charge is 0.258 e. The number of ether oxygens (including phenoxy) is 4. The second-order valence-electron chi connectivity index (χ2n) is 5.21. The lowest BCUT2D eigenvalue weighted by Gasteiger charge is -2.19. The minimum atomic E-state index is -0.314. The van der Waals surface area contributed by atoms with Crippen LogP contribution in [-0.2, 0) is 9.53 Å². The van der Waals surface area contributed by atoms with E-state index in [4.69, 9.17) is 18.9 Å². The molecule has 0 heterocycles. The van der Waals surface area contributed by atoms with Crippen LogP contribution in [0.4, 0.5) is 0 Å². The van der Waals surface area contributed by atoms with Crippen LogP contribution >= 0.6 is 0 Å². The molecule has 1 amide bonds. The van der Waals surface area contributed by atoms with E-state index in [1.54, 1.807) is 33.5 Å². The zero-order chi connectivity index (χ0) is 18.1. The molecule has 2 rings (SSSR count). The summed E-state index contributed by atoms with van der Waals surface area (Å²) in [5, 5.41) is 2.81. The Labute approximate surface area is 147 Å². The number of amides is 1. The van der Waals surface area contributed by atoms with Crippen LogP contribution in [0, 0.1) is 0 Å². The zero-order valence-electron chi connectivity index (χ0n) is 14.7. The molecule has 0 spiro atoms. The Morgan fingerprint density at radius 3 is 2.16 bits per heavy atom. The third-order valence-corrected chi connectivity index (χ3v) is 3.68. The molecule has 2 aromatic carbocycles. The van der Waals surface area contributed by atoms with Crippen molar-refractivity contribution in [3.8, 4) is 17.2 Å². The Hall–Kier alpha value is -2.73. The first-order valence-corrected chi connectivity index (χ1v) is 7.87. The van der Waals surface area contributed by atoms with Crippen molar-refractivity contribution in [1.82, 2.24) is 5.32 Å². The first kappa shape index (κ1) is 18.6. The Morgan fingerprint density at radius 2 is 1.52 bits per heavy atom. The van der Waals surface area contributed by atoms with E-state index in [0.29, 0.717) is 23.8 Å². The van der Waals surface area contributed by atoms with Gasteiger partial charge in [0.25, 0.3) is 5.91 Å². The fourth-order valence-corrected chi connectivity index (χ4v) is 2.39. The number of nitrogens with one attached hydrogen (secondary N) is 1. The van der Waals surface area contributed by atoms with Gasteiger partial charge in [0.1, 0.15) is 11.9 Å². The Bertz CT molecular complexity index is 689. The van der Waals surface area contributed by atoms with Crippen LogP contribution in [0.25, 0.3) is 0 Å². The first-order chi connectivity index (χ1) is 12.2. The van der Waals surface area contributed by atoms with Crippen LogP contribution in [-0.4, -0.2) is 40.4 Å². The van der Waals surface area contributed by atoms with E-state index in [1.807, 2.05) is 36.4 Å². The third-order valence-electron chi connectivity index (χ3n) is 3.68. The van der Waals surface area contributed by atoms with Crippen molar-refractivity contribution in [1.29, 1.82) is 0 Å². The van der Waals surface area contributed by atoms with Gasteiger partial charge in [-0.2, -0.15) is 0 Å². The summed E-state index contributed by atoms with van der Waals surface area (Å²) in [7, 11) is 4.75. The molecule has 25 heavy (non-hydrogen) atoms. The van der Waals surface area contributed by atoms with Gasteiger partial charge in [0, 0.05) is 19.2 Å². The number of rotatable bonds is 9. The van der Waals surface area contributed by atoms with E-state index < -0.39 is 0 Å². The second-order valence-corrected chi connectivity index (χ2v) is 5.21. The molecule has 0 aromatic heterocycles. The SMILES string of the molecule is COc1ccccc1OCC(=O)NCC(OC)c1ccccc1OC. The van der Waals surface area contributed by atoms with Gasteiger partial charge in [0.05, 0.1) is 14.2 Å². The number of hydrogen-bond acceptors (Lipinski definition) is 5. The minimum absolute atomic E-state index is 0.108. The topological polar surface area (TPSA) is 66.0 Å². The van der Waals surface area contributed by atoms with Crippen LogP contribution in [0.3, 0.4) is 0 Å². The lowest BCUT2D eigenvalue weighted by Crippen LogP contribution is -2.33. The number of benzene rings is 2. The summed E-state index contributed by atoms with van der Waals surface area (Å²) in [6, 6.07) is 14.7. The molecule has 6 nitrogen and oxygen atoms in total. The van der Waals surface area contributed by atoms with E-state index in [9.17, 15) is 4.79 Å². The fourth-order valence-electron chi connectivity index (χ4n) is 2.39. The summed E-state index contributed by atoms with van der Waals surface area (Å²) in [4.78, 5) is 12.1. The monoisotopic (exact) mass is 345 g/mol. The van der Waals surface area contributed by atoms with Crippen LogP contribution in [0.1, 0.15) is 11.7 Å². The minimum Gasteiger partial charge on any atom is -0.496 e. The van der Waals surface area contributed by atoms with Crippen molar-refractivity contribution >= 4 is 5.91 Å². The number of para-hydroxylation sites is 3. The third kappa shape index (κ3) is 5.12. The normalized spacial score (nSPS) is 11.5. The quantitative estimate of drug-likeness (QED) is 0.757. The van der Waals surface area contributed by atoms with Crippen LogP contribution in [0.5, 0.6) is 17.2 Å². The summed E-state index contributed by atoms with van der Waals surface area (Å²) in [6.07, 6.45) is -0.314. The fraction of sp³-hybridized carbons (Fsp3) is 0.316. The van der Waals surface area contributed by atoms with Crippen LogP contribution < -0.4 is 19.5 Å². The molecular weight excluding hydrogens is 322 g/mol. The van der Waals surface area contributed by atoms with E-state index in [2.05, 4.69) is 5.32 Å². The highest BCUT2D eigenvalue weighted by atomic mass is 16.5. The van der Waals surface area contributed by atoms with Crippen LogP contribution in [0.2, 0.25) is 0 Å². The molecule has 0 aliphatic heterocycles. The van der Waals surface area contributed by atoms with E-state index >= 15 is 0 Å². The highest BCUT2D eigenvalue weighted by molar-refractivity contribution is 5.77. The maximum Gasteiger partial charge on any atom is 0.258 e. The summed E-state index contributed by atoms with van der Waals surface area (Å²) < 4.78 is 21.5. The highest BCUT2D eigenvalue weighted by Gasteiger charge is 2.16. The number of carbonyl (C=O) groups excluding carboxylic acids is 1. The number of carbonyl (C=O) groups is 1. The van der Waals surface area contributed by atoms with E-state index in [0.717, 1.165) is 5.56 Å². The van der Waals surface area contributed by atoms with Gasteiger partial charge < -0.3 is 24.3 Å². The van der Waals surface area contributed by atoms with Crippen molar-refractivity contribution < 1.29 is 23.7 Å². The molecule has 1 N–H and O–H groups in total. The molecule has 0 saturated carbocycles. The molecule has 1 unspecified atom stereocenters. The van der Waals surface area contributed by atoms with Crippen molar-refractivity contribution in [3.05, 3.63) is 54.1 Å². The average Bonchev–Trinajstić information content (AvgIpc) is 2.67. The van der Waals surface area contributed by atoms with Crippen molar-refractivity contribution in [2.45, 2.75) is 6.10 Å². The van der Waals surface area contributed by atoms with Gasteiger partial charge in [0.2, 0.25) is 0 Å². The molecule has 0 aliphatic carbocycles. The molecule has 0 fully saturated rings. The summed E-state index contributed by atoms with van der Waals surface area (Å²) in [6.45, 7) is 0.202. The summed E-state index contributed by atoms with van der Waals surface area (Å²) in [5.74, 6) is 1.57. The Morgan fingerprint density at radius 1 is 0.920 bits per heavy atom. The van der Waals surface area contributed by atoms with Gasteiger partial charge in [0.15, 0.2) is 18.1 Å². The predicted octanol–water partition coefficient (Wildman–Crippen LogP) is 2.59. The van der Waals surface area contributed by atoms with Gasteiger partial charge in [-0.1, -0.05) is 30.3 Å². The molecule has 134 valence electrons. The van der Waals surface area contributed by atoms with Crippen molar-refractivity contribution in [2.75, 3.05) is 34.5 Å². The summed E-state index contributed by atoms with van der Waals surface area (Å²) >= 11 is 0. The zero-order valence-corrected chi connectivity index (χ0v) is 14.7.